The summed E-state index contributed by atoms with van der Waals surface area (Å²) in [6.45, 7) is 3.47. The fourth-order valence-corrected chi connectivity index (χ4v) is 2.09. The highest BCUT2D eigenvalue weighted by Crippen LogP contribution is 2.28. The molecule has 0 bridgehead atoms. The van der Waals surface area contributed by atoms with Crippen LogP contribution in [0.4, 0.5) is 0 Å². The lowest BCUT2D eigenvalue weighted by molar-refractivity contribution is 0.329. The lowest BCUT2D eigenvalue weighted by Gasteiger charge is -2.27. The zero-order valence-corrected chi connectivity index (χ0v) is 8.03. The minimum atomic E-state index is 0.441. The first-order chi connectivity index (χ1) is 5.83. The first kappa shape index (κ1) is 9.61. The van der Waals surface area contributed by atoms with Gasteiger partial charge >= 0.3 is 0 Å². The molecule has 12 heavy (non-hydrogen) atoms. The highest BCUT2D eigenvalue weighted by molar-refractivity contribution is 4.93. The van der Waals surface area contributed by atoms with Crippen molar-refractivity contribution in [3.63, 3.8) is 0 Å². The molecule has 0 radical (unpaired) electrons. The monoisotopic (exact) mass is 165 g/mol. The van der Waals surface area contributed by atoms with Crippen molar-refractivity contribution in [2.75, 3.05) is 6.54 Å². The second-order valence-corrected chi connectivity index (χ2v) is 3.72. The van der Waals surface area contributed by atoms with E-state index in [4.69, 9.17) is 6.42 Å². The molecular formula is C11H19N. The van der Waals surface area contributed by atoms with Crippen LogP contribution in [0.2, 0.25) is 0 Å². The van der Waals surface area contributed by atoms with Crippen molar-refractivity contribution in [1.29, 1.82) is 0 Å². The van der Waals surface area contributed by atoms with Crippen LogP contribution in [0, 0.1) is 12.3 Å². The fraction of sp³-hybridized carbons (Fsp3) is 0.818. The molecule has 1 rings (SSSR count). The maximum absolute atomic E-state index is 5.23. The van der Waals surface area contributed by atoms with Gasteiger partial charge in [0.15, 0.2) is 0 Å². The van der Waals surface area contributed by atoms with Gasteiger partial charge in [-0.1, -0.05) is 6.92 Å². The van der Waals surface area contributed by atoms with Gasteiger partial charge in [0.25, 0.3) is 0 Å². The average molecular weight is 165 g/mol. The van der Waals surface area contributed by atoms with Gasteiger partial charge in [-0.25, -0.2) is 0 Å². The average Bonchev–Trinajstić information content (AvgIpc) is 2.55. The van der Waals surface area contributed by atoms with E-state index >= 15 is 0 Å². The number of hydrogen-bond donors (Lipinski definition) is 1. The first-order valence-electron chi connectivity index (χ1n) is 5.01. The van der Waals surface area contributed by atoms with E-state index in [1.165, 1.54) is 38.6 Å². The number of unbranched alkanes of at least 4 members (excludes halogenated alkanes) is 1. The Morgan fingerprint density at radius 1 is 1.58 bits per heavy atom. The summed E-state index contributed by atoms with van der Waals surface area (Å²) >= 11 is 0. The smallest absolute Gasteiger partial charge is 0.0179 e. The van der Waals surface area contributed by atoms with Crippen molar-refractivity contribution in [3.05, 3.63) is 0 Å². The van der Waals surface area contributed by atoms with Gasteiger partial charge in [0.05, 0.1) is 0 Å². The second-order valence-electron chi connectivity index (χ2n) is 3.72. The van der Waals surface area contributed by atoms with Crippen molar-refractivity contribution in [1.82, 2.24) is 5.32 Å². The van der Waals surface area contributed by atoms with E-state index in [9.17, 15) is 0 Å². The number of nitrogens with one attached hydrogen (secondary N) is 1. The zero-order valence-electron chi connectivity index (χ0n) is 8.03. The predicted octanol–water partition coefficient (Wildman–Crippen LogP) is 2.32. The summed E-state index contributed by atoms with van der Waals surface area (Å²) in [5, 5.41) is 3.61. The molecule has 1 atom stereocenters. The number of terminal acetylenes is 1. The molecule has 1 unspecified atom stereocenters. The third kappa shape index (κ3) is 2.25. The van der Waals surface area contributed by atoms with E-state index in [1.807, 2.05) is 0 Å². The molecule has 0 aromatic carbocycles. The fourth-order valence-electron chi connectivity index (χ4n) is 2.09. The largest absolute Gasteiger partial charge is 0.311 e. The molecule has 0 amide bonds. The minimum absolute atomic E-state index is 0.441. The molecule has 0 aromatic rings. The second kappa shape index (κ2) is 4.52. The van der Waals surface area contributed by atoms with Crippen molar-refractivity contribution in [2.45, 2.75) is 51.0 Å². The summed E-state index contributed by atoms with van der Waals surface area (Å²) in [5.74, 6) is 2.71. The molecule has 1 aliphatic heterocycles. The minimum Gasteiger partial charge on any atom is -0.311 e. The van der Waals surface area contributed by atoms with Crippen LogP contribution in [0.25, 0.3) is 0 Å². The summed E-state index contributed by atoms with van der Waals surface area (Å²) in [6.07, 6.45) is 12.5. The summed E-state index contributed by atoms with van der Waals surface area (Å²) in [6, 6.07) is 0. The Labute approximate surface area is 75.9 Å². The molecule has 68 valence electrons. The number of hydrogen-bond acceptors (Lipinski definition) is 1. The van der Waals surface area contributed by atoms with E-state index in [0.29, 0.717) is 5.54 Å². The van der Waals surface area contributed by atoms with Crippen LogP contribution >= 0.6 is 0 Å². The van der Waals surface area contributed by atoms with Crippen molar-refractivity contribution >= 4 is 0 Å². The Bertz CT molecular complexity index is 160. The van der Waals surface area contributed by atoms with Gasteiger partial charge in [-0.3, -0.25) is 0 Å². The van der Waals surface area contributed by atoms with Crippen LogP contribution in [0.3, 0.4) is 0 Å². The molecule has 1 aliphatic rings. The molecule has 1 heterocycles. The van der Waals surface area contributed by atoms with Gasteiger partial charge in [0.1, 0.15) is 0 Å². The summed E-state index contributed by atoms with van der Waals surface area (Å²) in [4.78, 5) is 0. The van der Waals surface area contributed by atoms with E-state index < -0.39 is 0 Å². The first-order valence-corrected chi connectivity index (χ1v) is 5.01. The van der Waals surface area contributed by atoms with Gasteiger partial charge < -0.3 is 5.32 Å². The van der Waals surface area contributed by atoms with E-state index in [-0.39, 0.29) is 0 Å². The topological polar surface area (TPSA) is 12.0 Å². The molecule has 0 spiro atoms. The summed E-state index contributed by atoms with van der Waals surface area (Å²) < 4.78 is 0. The van der Waals surface area contributed by atoms with Crippen LogP contribution in [0.5, 0.6) is 0 Å². The van der Waals surface area contributed by atoms with E-state index in [2.05, 4.69) is 18.2 Å². The van der Waals surface area contributed by atoms with Crippen molar-refractivity contribution < 1.29 is 0 Å². The molecule has 1 fully saturated rings. The third-order valence-electron chi connectivity index (χ3n) is 2.99. The summed E-state index contributed by atoms with van der Waals surface area (Å²) in [7, 11) is 0. The highest BCUT2D eigenvalue weighted by atomic mass is 15.0. The van der Waals surface area contributed by atoms with Crippen LogP contribution < -0.4 is 5.32 Å². The quantitative estimate of drug-likeness (QED) is 0.498. The lowest BCUT2D eigenvalue weighted by atomic mass is 9.88. The van der Waals surface area contributed by atoms with Gasteiger partial charge in [-0.2, -0.15) is 0 Å². The predicted molar refractivity (Wildman–Crippen MR) is 52.9 cm³/mol. The molecule has 1 heteroatoms. The van der Waals surface area contributed by atoms with Gasteiger partial charge in [-0.05, 0) is 38.6 Å². The molecule has 1 nitrogen and oxygen atoms in total. The maximum Gasteiger partial charge on any atom is 0.0179 e. The highest BCUT2D eigenvalue weighted by Gasteiger charge is 2.30. The standard InChI is InChI=1S/C11H19N/c1-3-5-6-8-11(4-2)9-7-10-12-11/h1,12H,4-10H2,2H3. The van der Waals surface area contributed by atoms with Crippen LogP contribution in [-0.4, -0.2) is 12.1 Å². The normalized spacial score (nSPS) is 28.7. The van der Waals surface area contributed by atoms with Gasteiger partial charge in [0, 0.05) is 12.0 Å². The number of rotatable bonds is 4. The Morgan fingerprint density at radius 2 is 2.42 bits per heavy atom. The Morgan fingerprint density at radius 3 is 2.92 bits per heavy atom. The molecule has 1 N–H and O–H groups in total. The molecular weight excluding hydrogens is 146 g/mol. The van der Waals surface area contributed by atoms with Crippen LogP contribution in [0.1, 0.15) is 45.4 Å². The van der Waals surface area contributed by atoms with Gasteiger partial charge in [0.2, 0.25) is 0 Å². The molecule has 0 saturated carbocycles. The molecule has 1 saturated heterocycles. The summed E-state index contributed by atoms with van der Waals surface area (Å²) in [5.41, 5.74) is 0.441. The zero-order chi connectivity index (χ0) is 8.86. The van der Waals surface area contributed by atoms with Gasteiger partial charge in [-0.15, -0.1) is 12.3 Å². The van der Waals surface area contributed by atoms with E-state index in [0.717, 1.165) is 6.42 Å². The van der Waals surface area contributed by atoms with Crippen molar-refractivity contribution in [2.24, 2.45) is 0 Å². The van der Waals surface area contributed by atoms with E-state index in [1.54, 1.807) is 0 Å². The Hall–Kier alpha value is -0.480. The maximum atomic E-state index is 5.23. The van der Waals surface area contributed by atoms with Crippen LogP contribution in [-0.2, 0) is 0 Å². The molecule has 0 aliphatic carbocycles. The molecule has 0 aromatic heterocycles. The lowest BCUT2D eigenvalue weighted by Crippen LogP contribution is -2.38. The third-order valence-corrected chi connectivity index (χ3v) is 2.99. The van der Waals surface area contributed by atoms with Crippen molar-refractivity contribution in [3.8, 4) is 12.3 Å². The SMILES string of the molecule is C#CCCCC1(CC)CCCN1. The van der Waals surface area contributed by atoms with Crippen LogP contribution in [0.15, 0.2) is 0 Å². The Kier molecular flexibility index (Phi) is 3.62. The Balaban J connectivity index is 2.30.